The van der Waals surface area contributed by atoms with Crippen LogP contribution in [-0.4, -0.2) is 28.1 Å². The van der Waals surface area contributed by atoms with Crippen molar-refractivity contribution in [2.45, 2.75) is 6.92 Å². The number of aromatic hydroxyl groups is 1. The number of nitrogens with zero attached hydrogens (tertiary/aromatic N) is 2. The van der Waals surface area contributed by atoms with Gasteiger partial charge in [0.1, 0.15) is 0 Å². The van der Waals surface area contributed by atoms with Gasteiger partial charge in [-0.3, -0.25) is 19.7 Å². The lowest BCUT2D eigenvalue weighted by molar-refractivity contribution is -0.385. The van der Waals surface area contributed by atoms with Gasteiger partial charge in [-0.1, -0.05) is 33.6 Å². The number of nitro benzene ring substituents is 1. The van der Waals surface area contributed by atoms with E-state index in [1.54, 1.807) is 24.3 Å². The van der Waals surface area contributed by atoms with Gasteiger partial charge in [-0.2, -0.15) is 5.10 Å². The highest BCUT2D eigenvalue weighted by Gasteiger charge is 2.18. The van der Waals surface area contributed by atoms with Crippen LogP contribution in [-0.2, 0) is 9.59 Å². The zero-order valence-corrected chi connectivity index (χ0v) is 15.0. The van der Waals surface area contributed by atoms with Crippen LogP contribution >= 0.6 is 15.9 Å². The first kappa shape index (κ1) is 19.1. The van der Waals surface area contributed by atoms with Crippen molar-refractivity contribution in [2.75, 3.05) is 5.32 Å². The van der Waals surface area contributed by atoms with E-state index in [1.165, 1.54) is 6.07 Å². The molecule has 0 bridgehead atoms. The smallest absolute Gasteiger partial charge is 0.329 e. The first-order valence-electron chi connectivity index (χ1n) is 7.16. The summed E-state index contributed by atoms with van der Waals surface area (Å²) in [5.41, 5.74) is 2.89. The summed E-state index contributed by atoms with van der Waals surface area (Å²) in [6, 6.07) is 9.32. The molecule has 2 aromatic rings. The number of nitrogens with one attached hydrogen (secondary N) is 2. The van der Waals surface area contributed by atoms with Crippen molar-refractivity contribution in [3.05, 3.63) is 62.1 Å². The minimum absolute atomic E-state index is 0.00897. The van der Waals surface area contributed by atoms with Crippen molar-refractivity contribution in [3.63, 3.8) is 0 Å². The van der Waals surface area contributed by atoms with Gasteiger partial charge in [0.2, 0.25) is 5.75 Å². The number of nitro groups is 1. The van der Waals surface area contributed by atoms with Gasteiger partial charge in [0.25, 0.3) is 0 Å². The number of hydrazone groups is 1. The van der Waals surface area contributed by atoms with Crippen LogP contribution in [0.3, 0.4) is 0 Å². The van der Waals surface area contributed by atoms with E-state index in [2.05, 4.69) is 26.3 Å². The molecule has 0 unspecified atom stereocenters. The average molecular weight is 421 g/mol. The third kappa shape index (κ3) is 4.86. The highest BCUT2D eigenvalue weighted by atomic mass is 79.9. The summed E-state index contributed by atoms with van der Waals surface area (Å²) >= 11 is 3.07. The lowest BCUT2D eigenvalue weighted by Crippen LogP contribution is -2.32. The van der Waals surface area contributed by atoms with Crippen molar-refractivity contribution in [3.8, 4) is 5.75 Å². The van der Waals surface area contributed by atoms with Crippen LogP contribution in [0.1, 0.15) is 11.1 Å². The molecule has 0 aromatic heterocycles. The summed E-state index contributed by atoms with van der Waals surface area (Å²) < 4.78 is 0.340. The quantitative estimate of drug-likeness (QED) is 0.302. The summed E-state index contributed by atoms with van der Waals surface area (Å²) in [4.78, 5) is 33.6. The van der Waals surface area contributed by atoms with Gasteiger partial charge >= 0.3 is 17.5 Å². The number of benzene rings is 2. The predicted molar refractivity (Wildman–Crippen MR) is 98.0 cm³/mol. The Morgan fingerprint density at radius 3 is 2.50 bits per heavy atom. The third-order valence-electron chi connectivity index (χ3n) is 3.17. The van der Waals surface area contributed by atoms with Crippen molar-refractivity contribution >= 4 is 45.3 Å². The molecular formula is C16H13BrN4O5. The molecule has 0 aliphatic carbocycles. The van der Waals surface area contributed by atoms with E-state index >= 15 is 0 Å². The molecule has 0 saturated carbocycles. The molecule has 3 N–H and O–H groups in total. The van der Waals surface area contributed by atoms with Crippen LogP contribution in [0.2, 0.25) is 0 Å². The molecule has 2 aromatic carbocycles. The van der Waals surface area contributed by atoms with E-state index in [9.17, 15) is 24.8 Å². The molecule has 0 atom stereocenters. The van der Waals surface area contributed by atoms with Crippen LogP contribution < -0.4 is 10.7 Å². The Morgan fingerprint density at radius 2 is 1.88 bits per heavy atom. The second-order valence-corrected chi connectivity index (χ2v) is 6.05. The Bertz CT molecular complexity index is 896. The molecule has 0 fully saturated rings. The Kier molecular flexibility index (Phi) is 6.02. The molecule has 2 rings (SSSR count). The molecule has 0 radical (unpaired) electrons. The van der Waals surface area contributed by atoms with Gasteiger partial charge in [-0.05, 0) is 25.1 Å². The molecule has 0 heterocycles. The SMILES string of the molecule is Cc1ccc(NC(=O)C(=O)NN=Cc2cc(Br)cc([N+](=O)[O-])c2O)cc1. The van der Waals surface area contributed by atoms with Crippen LogP contribution in [0.15, 0.2) is 46.0 Å². The Morgan fingerprint density at radius 1 is 1.23 bits per heavy atom. The maximum absolute atomic E-state index is 11.8. The van der Waals surface area contributed by atoms with Crippen molar-refractivity contribution in [1.82, 2.24) is 5.43 Å². The zero-order chi connectivity index (χ0) is 19.3. The fourth-order valence-electron chi connectivity index (χ4n) is 1.88. The molecule has 10 heteroatoms. The summed E-state index contributed by atoms with van der Waals surface area (Å²) in [6.07, 6.45) is 0.990. The van der Waals surface area contributed by atoms with E-state index < -0.39 is 28.2 Å². The molecule has 0 saturated heterocycles. The molecule has 0 aliphatic rings. The first-order chi connectivity index (χ1) is 12.3. The standard InChI is InChI=1S/C16H13BrN4O5/c1-9-2-4-12(5-3-9)19-15(23)16(24)20-18-8-10-6-11(17)7-13(14(10)22)21(25)26/h2-8,22H,1H3,(H,19,23)(H,20,24). The number of carbonyl (C=O) groups excluding carboxylic acids is 2. The highest BCUT2D eigenvalue weighted by Crippen LogP contribution is 2.32. The van der Waals surface area contributed by atoms with Gasteiger partial charge in [0.05, 0.1) is 11.1 Å². The minimum atomic E-state index is -1.04. The molecular weight excluding hydrogens is 408 g/mol. The van der Waals surface area contributed by atoms with Crippen LogP contribution in [0.25, 0.3) is 0 Å². The number of rotatable bonds is 4. The number of hydrogen-bond acceptors (Lipinski definition) is 6. The number of anilines is 1. The van der Waals surface area contributed by atoms with Crippen LogP contribution in [0.5, 0.6) is 5.75 Å². The summed E-state index contributed by atoms with van der Waals surface area (Å²) in [5, 5.41) is 26.6. The van der Waals surface area contributed by atoms with Crippen molar-refractivity contribution in [1.29, 1.82) is 0 Å². The van der Waals surface area contributed by atoms with Gasteiger partial charge in [-0.15, -0.1) is 0 Å². The second-order valence-electron chi connectivity index (χ2n) is 5.14. The molecule has 9 nitrogen and oxygen atoms in total. The number of phenolic OH excluding ortho intramolecular Hbond substituents is 1. The number of carbonyl (C=O) groups is 2. The molecule has 0 spiro atoms. The predicted octanol–water partition coefficient (Wildman–Crippen LogP) is 2.46. The molecule has 134 valence electrons. The normalized spacial score (nSPS) is 10.5. The molecule has 26 heavy (non-hydrogen) atoms. The lowest BCUT2D eigenvalue weighted by Gasteiger charge is -2.04. The maximum atomic E-state index is 11.8. The fraction of sp³-hybridized carbons (Fsp3) is 0.0625. The van der Waals surface area contributed by atoms with E-state index in [-0.39, 0.29) is 5.56 Å². The number of halogens is 1. The van der Waals surface area contributed by atoms with Crippen molar-refractivity contribution < 1.29 is 19.6 Å². The van der Waals surface area contributed by atoms with Crippen LogP contribution in [0.4, 0.5) is 11.4 Å². The van der Waals surface area contributed by atoms with E-state index in [1.807, 2.05) is 12.3 Å². The van der Waals surface area contributed by atoms with E-state index in [0.29, 0.717) is 10.2 Å². The van der Waals surface area contributed by atoms with Crippen LogP contribution in [0, 0.1) is 17.0 Å². The largest absolute Gasteiger partial charge is 0.502 e. The monoisotopic (exact) mass is 420 g/mol. The van der Waals surface area contributed by atoms with Gasteiger partial charge < -0.3 is 10.4 Å². The first-order valence-corrected chi connectivity index (χ1v) is 7.95. The topological polar surface area (TPSA) is 134 Å². The second kappa shape index (κ2) is 8.21. The number of amides is 2. The number of phenols is 1. The molecule has 0 aliphatic heterocycles. The van der Waals surface area contributed by atoms with E-state index in [0.717, 1.165) is 17.8 Å². The minimum Gasteiger partial charge on any atom is -0.502 e. The summed E-state index contributed by atoms with van der Waals surface area (Å²) in [5.74, 6) is -2.58. The zero-order valence-electron chi connectivity index (χ0n) is 13.4. The molecule has 2 amide bonds. The van der Waals surface area contributed by atoms with Crippen molar-refractivity contribution in [2.24, 2.45) is 5.10 Å². The van der Waals surface area contributed by atoms with Gasteiger partial charge in [-0.25, -0.2) is 5.43 Å². The van der Waals surface area contributed by atoms with Gasteiger partial charge in [0.15, 0.2) is 0 Å². The lowest BCUT2D eigenvalue weighted by atomic mass is 10.2. The number of hydrogen-bond donors (Lipinski definition) is 3. The van der Waals surface area contributed by atoms with E-state index in [4.69, 9.17) is 0 Å². The Balaban J connectivity index is 2.03. The third-order valence-corrected chi connectivity index (χ3v) is 3.62. The van der Waals surface area contributed by atoms with Gasteiger partial charge in [0, 0.05) is 21.8 Å². The fourth-order valence-corrected chi connectivity index (χ4v) is 2.34. The Labute approximate surface area is 156 Å². The highest BCUT2D eigenvalue weighted by molar-refractivity contribution is 9.10. The summed E-state index contributed by atoms with van der Waals surface area (Å²) in [6.45, 7) is 1.88. The Hall–Kier alpha value is -3.27. The maximum Gasteiger partial charge on any atom is 0.329 e. The summed E-state index contributed by atoms with van der Waals surface area (Å²) in [7, 11) is 0. The average Bonchev–Trinajstić information content (AvgIpc) is 2.59. The number of aryl methyl sites for hydroxylation is 1.